The third-order valence-electron chi connectivity index (χ3n) is 10.5. The number of hydrogen-bond acceptors (Lipinski definition) is 7. The summed E-state index contributed by atoms with van der Waals surface area (Å²) >= 11 is 0. The number of esters is 2. The SMILES string of the molecule is CCC(=O)O[C@]1(C(=O)COC(=O)CCO)[C@@H](C)C[C@H]2[C@@H]3C[C@H](C)C4=CC(=O)CC[C@]4(C)[C@H]3CC[C@@]21C. The van der Waals surface area contributed by atoms with Crippen LogP contribution in [0, 0.1) is 40.4 Å². The van der Waals surface area contributed by atoms with Crippen LogP contribution >= 0.6 is 0 Å². The first-order chi connectivity index (χ1) is 16.9. The van der Waals surface area contributed by atoms with Crippen LogP contribution in [0.4, 0.5) is 0 Å². The Labute approximate surface area is 214 Å². The molecule has 0 aromatic carbocycles. The molecule has 36 heavy (non-hydrogen) atoms. The van der Waals surface area contributed by atoms with E-state index in [1.165, 1.54) is 5.57 Å². The summed E-state index contributed by atoms with van der Waals surface area (Å²) in [5.74, 6) is -0.121. The predicted molar refractivity (Wildman–Crippen MR) is 133 cm³/mol. The van der Waals surface area contributed by atoms with Crippen LogP contribution in [0.2, 0.25) is 0 Å². The second-order valence-corrected chi connectivity index (χ2v) is 12.2. The molecule has 0 amide bonds. The van der Waals surface area contributed by atoms with Crippen LogP contribution in [0.1, 0.15) is 86.0 Å². The van der Waals surface area contributed by atoms with Gasteiger partial charge in [-0.05, 0) is 67.3 Å². The molecule has 8 atom stereocenters. The highest BCUT2D eigenvalue weighted by Gasteiger charge is 2.71. The predicted octanol–water partition coefficient (Wildman–Crippen LogP) is 4.20. The lowest BCUT2D eigenvalue weighted by atomic mass is 9.44. The molecule has 0 aromatic rings. The normalized spacial score (nSPS) is 41.4. The van der Waals surface area contributed by atoms with E-state index in [2.05, 4.69) is 20.8 Å². The lowest BCUT2D eigenvalue weighted by Crippen LogP contribution is -2.62. The molecular weight excluding hydrogens is 460 g/mol. The molecule has 4 aliphatic carbocycles. The fraction of sp³-hybridized carbons (Fsp3) is 0.793. The van der Waals surface area contributed by atoms with E-state index in [9.17, 15) is 19.2 Å². The zero-order chi connectivity index (χ0) is 26.5. The van der Waals surface area contributed by atoms with Crippen molar-refractivity contribution in [1.29, 1.82) is 0 Å². The third kappa shape index (κ3) is 3.97. The zero-order valence-corrected chi connectivity index (χ0v) is 22.4. The highest BCUT2D eigenvalue weighted by Crippen LogP contribution is 2.70. The summed E-state index contributed by atoms with van der Waals surface area (Å²) < 4.78 is 11.4. The monoisotopic (exact) mass is 502 g/mol. The van der Waals surface area contributed by atoms with Crippen LogP contribution in [0.25, 0.3) is 0 Å². The van der Waals surface area contributed by atoms with Gasteiger partial charge in [0.1, 0.15) is 0 Å². The van der Waals surface area contributed by atoms with Gasteiger partial charge < -0.3 is 14.6 Å². The number of carbonyl (C=O) groups is 4. The van der Waals surface area contributed by atoms with Gasteiger partial charge in [0, 0.05) is 24.2 Å². The van der Waals surface area contributed by atoms with Crippen molar-refractivity contribution in [2.75, 3.05) is 13.2 Å². The standard InChI is InChI=1S/C29H42O7/c1-6-25(33)36-29(24(32)16-35-26(34)9-12-30)18(3)14-23-20-13-17(2)22-15-19(31)7-10-27(22,4)21(20)8-11-28(23,29)5/h15,17-18,20-21,23,30H,6-14,16H2,1-5H3/t17-,18-,20+,21-,23-,27+,28-,29-/m0/s1. The van der Waals surface area contributed by atoms with E-state index in [0.717, 1.165) is 32.1 Å². The minimum absolute atomic E-state index is 0.0179. The second-order valence-electron chi connectivity index (χ2n) is 12.2. The van der Waals surface area contributed by atoms with Crippen LogP contribution in [0.15, 0.2) is 11.6 Å². The van der Waals surface area contributed by atoms with Crippen LogP contribution in [0.3, 0.4) is 0 Å². The van der Waals surface area contributed by atoms with E-state index < -0.39 is 29.6 Å². The number of carbonyl (C=O) groups excluding carboxylic acids is 4. The summed E-state index contributed by atoms with van der Waals surface area (Å²) in [7, 11) is 0. The molecule has 3 saturated carbocycles. The van der Waals surface area contributed by atoms with E-state index in [4.69, 9.17) is 14.6 Å². The molecule has 0 heterocycles. The Bertz CT molecular complexity index is 969. The van der Waals surface area contributed by atoms with Gasteiger partial charge >= 0.3 is 11.9 Å². The number of fused-ring (bicyclic) bond motifs is 5. The minimum atomic E-state index is -1.35. The van der Waals surface area contributed by atoms with E-state index in [1.807, 2.05) is 13.0 Å². The van der Waals surface area contributed by atoms with E-state index in [1.54, 1.807) is 6.92 Å². The molecule has 200 valence electrons. The maximum Gasteiger partial charge on any atom is 0.308 e. The van der Waals surface area contributed by atoms with Gasteiger partial charge in [0.2, 0.25) is 5.78 Å². The van der Waals surface area contributed by atoms with Crippen molar-refractivity contribution in [2.24, 2.45) is 40.4 Å². The Morgan fingerprint density at radius 3 is 2.47 bits per heavy atom. The van der Waals surface area contributed by atoms with Gasteiger partial charge in [-0.2, -0.15) is 0 Å². The van der Waals surface area contributed by atoms with Gasteiger partial charge in [-0.25, -0.2) is 0 Å². The fourth-order valence-electron chi connectivity index (χ4n) is 8.85. The lowest BCUT2D eigenvalue weighted by molar-refractivity contribution is -0.198. The summed E-state index contributed by atoms with van der Waals surface area (Å²) in [6.07, 6.45) is 6.73. The quantitative estimate of drug-likeness (QED) is 0.520. The molecule has 3 fully saturated rings. The molecule has 0 aliphatic heterocycles. The van der Waals surface area contributed by atoms with Crippen molar-refractivity contribution in [3.63, 3.8) is 0 Å². The topological polar surface area (TPSA) is 107 Å². The molecular formula is C29H42O7. The lowest BCUT2D eigenvalue weighted by Gasteiger charge is -2.60. The average molecular weight is 503 g/mol. The van der Waals surface area contributed by atoms with Crippen molar-refractivity contribution < 1.29 is 33.8 Å². The Balaban J connectivity index is 1.71. The number of allylic oxidation sites excluding steroid dienone is 1. The fourth-order valence-corrected chi connectivity index (χ4v) is 8.85. The van der Waals surface area contributed by atoms with Gasteiger partial charge in [0.25, 0.3) is 0 Å². The maximum atomic E-state index is 13.9. The van der Waals surface area contributed by atoms with Crippen molar-refractivity contribution >= 4 is 23.5 Å². The molecule has 7 nitrogen and oxygen atoms in total. The largest absolute Gasteiger partial charge is 0.457 e. The Morgan fingerprint density at radius 1 is 1.08 bits per heavy atom. The number of hydrogen-bond donors (Lipinski definition) is 1. The Morgan fingerprint density at radius 2 is 1.81 bits per heavy atom. The number of Topliss-reactive ketones (excluding diaryl/α,β-unsaturated/α-hetero) is 1. The number of aliphatic hydroxyl groups is 1. The molecule has 7 heteroatoms. The first kappa shape index (κ1) is 27.0. The molecule has 0 unspecified atom stereocenters. The molecule has 0 bridgehead atoms. The summed E-state index contributed by atoms with van der Waals surface area (Å²) in [6, 6.07) is 0. The van der Waals surface area contributed by atoms with Crippen molar-refractivity contribution in [3.05, 3.63) is 11.6 Å². The highest BCUT2D eigenvalue weighted by molar-refractivity contribution is 5.94. The molecule has 0 spiro atoms. The average Bonchev–Trinajstić information content (AvgIpc) is 3.06. The summed E-state index contributed by atoms with van der Waals surface area (Å²) in [5, 5.41) is 9.02. The van der Waals surface area contributed by atoms with Crippen LogP contribution in [-0.2, 0) is 28.7 Å². The number of ketones is 2. The molecule has 4 aliphatic rings. The van der Waals surface area contributed by atoms with Gasteiger partial charge in [-0.1, -0.05) is 40.2 Å². The van der Waals surface area contributed by atoms with E-state index in [0.29, 0.717) is 24.2 Å². The van der Waals surface area contributed by atoms with E-state index >= 15 is 0 Å². The van der Waals surface area contributed by atoms with Gasteiger partial charge in [-0.3, -0.25) is 19.2 Å². The van der Waals surface area contributed by atoms with Crippen molar-refractivity contribution in [2.45, 2.75) is 91.6 Å². The van der Waals surface area contributed by atoms with E-state index in [-0.39, 0.29) is 48.3 Å². The minimum Gasteiger partial charge on any atom is -0.457 e. The van der Waals surface area contributed by atoms with Gasteiger partial charge in [0.15, 0.2) is 18.0 Å². The summed E-state index contributed by atoms with van der Waals surface area (Å²) in [5.41, 5.74) is -0.639. The number of ether oxygens (including phenoxy) is 2. The summed E-state index contributed by atoms with van der Waals surface area (Å²) in [6.45, 7) is 9.57. The molecule has 4 rings (SSSR count). The van der Waals surface area contributed by atoms with Crippen molar-refractivity contribution in [3.8, 4) is 0 Å². The second kappa shape index (κ2) is 9.70. The molecule has 0 radical (unpaired) electrons. The summed E-state index contributed by atoms with van der Waals surface area (Å²) in [4.78, 5) is 50.8. The van der Waals surface area contributed by atoms with Gasteiger partial charge in [-0.15, -0.1) is 0 Å². The zero-order valence-electron chi connectivity index (χ0n) is 22.4. The molecule has 0 aromatic heterocycles. The maximum absolute atomic E-state index is 13.9. The highest BCUT2D eigenvalue weighted by atomic mass is 16.6. The van der Waals surface area contributed by atoms with Crippen LogP contribution in [-0.4, -0.2) is 47.4 Å². The van der Waals surface area contributed by atoms with Crippen LogP contribution < -0.4 is 0 Å². The van der Waals surface area contributed by atoms with Gasteiger partial charge in [0.05, 0.1) is 13.0 Å². The van der Waals surface area contributed by atoms with Crippen molar-refractivity contribution in [1.82, 2.24) is 0 Å². The molecule has 1 N–H and O–H groups in total. The Kier molecular flexibility index (Phi) is 7.28. The third-order valence-corrected chi connectivity index (χ3v) is 10.5. The smallest absolute Gasteiger partial charge is 0.308 e. The van der Waals surface area contributed by atoms with Crippen LogP contribution in [0.5, 0.6) is 0 Å². The molecule has 0 saturated heterocycles. The first-order valence-corrected chi connectivity index (χ1v) is 13.7. The first-order valence-electron chi connectivity index (χ1n) is 13.7. The number of rotatable bonds is 7. The Hall–Kier alpha value is -2.02. The number of aliphatic hydroxyl groups excluding tert-OH is 1.